The second-order valence-electron chi connectivity index (χ2n) is 4.54. The first-order chi connectivity index (χ1) is 6.64. The molecule has 0 aromatic carbocycles. The zero-order valence-electron chi connectivity index (χ0n) is 9.21. The summed E-state index contributed by atoms with van der Waals surface area (Å²) in [6.07, 6.45) is 6.84. The normalized spacial score (nSPS) is 42.6. The summed E-state index contributed by atoms with van der Waals surface area (Å²) >= 11 is 2.01. The minimum Gasteiger partial charge on any atom is -0.306 e. The monoisotopic (exact) mass is 209 g/mol. The lowest BCUT2D eigenvalue weighted by Gasteiger charge is -2.43. The summed E-state index contributed by atoms with van der Waals surface area (Å²) in [7, 11) is 0. The first-order valence-electron chi connectivity index (χ1n) is 5.41. The lowest BCUT2D eigenvalue weighted by atomic mass is 9.79. The average Bonchev–Trinajstić information content (AvgIpc) is 2.28. The molecule has 1 saturated heterocycles. The van der Waals surface area contributed by atoms with Gasteiger partial charge in [0.05, 0.1) is 0 Å². The van der Waals surface area contributed by atoms with E-state index in [-0.39, 0.29) is 5.54 Å². The van der Waals surface area contributed by atoms with Gasteiger partial charge in [-0.3, -0.25) is 0 Å². The third kappa shape index (κ3) is 1.55. The van der Waals surface area contributed by atoms with Crippen molar-refractivity contribution in [1.29, 1.82) is 0 Å². The third-order valence-electron chi connectivity index (χ3n) is 3.73. The van der Waals surface area contributed by atoms with Crippen molar-refractivity contribution in [2.45, 2.75) is 26.3 Å². The Hall–Kier alpha value is -0.210. The number of allylic oxidation sites excluding steroid dienone is 3. The number of hydrogen-bond acceptors (Lipinski definition) is 2. The minimum atomic E-state index is 0.200. The topological polar surface area (TPSA) is 12.0 Å². The van der Waals surface area contributed by atoms with Crippen molar-refractivity contribution in [3.63, 3.8) is 0 Å². The van der Waals surface area contributed by atoms with E-state index in [0.29, 0.717) is 11.8 Å². The summed E-state index contributed by atoms with van der Waals surface area (Å²) in [4.78, 5) is 1.51. The van der Waals surface area contributed by atoms with Crippen LogP contribution in [0.25, 0.3) is 0 Å². The predicted molar refractivity (Wildman–Crippen MR) is 64.4 cm³/mol. The van der Waals surface area contributed by atoms with Crippen molar-refractivity contribution in [2.24, 2.45) is 11.8 Å². The molecule has 0 radical (unpaired) electrons. The van der Waals surface area contributed by atoms with E-state index < -0.39 is 0 Å². The molecule has 1 fully saturated rings. The number of thioether (sulfide) groups is 1. The van der Waals surface area contributed by atoms with Crippen molar-refractivity contribution in [3.05, 3.63) is 23.1 Å². The van der Waals surface area contributed by atoms with Crippen molar-refractivity contribution >= 4 is 11.8 Å². The molecule has 0 aromatic rings. The maximum absolute atomic E-state index is 3.69. The van der Waals surface area contributed by atoms with Crippen molar-refractivity contribution in [1.82, 2.24) is 5.32 Å². The Morgan fingerprint density at radius 1 is 1.50 bits per heavy atom. The number of nitrogens with one attached hydrogen (secondary N) is 1. The molecule has 0 bridgehead atoms. The van der Waals surface area contributed by atoms with Gasteiger partial charge in [-0.2, -0.15) is 0 Å². The highest BCUT2D eigenvalue weighted by molar-refractivity contribution is 8.03. The molecular weight excluding hydrogens is 190 g/mol. The SMILES string of the molecule is CC1C=CC=C2SCCNC2(C)C1C. The van der Waals surface area contributed by atoms with E-state index in [9.17, 15) is 0 Å². The quantitative estimate of drug-likeness (QED) is 0.658. The maximum atomic E-state index is 3.69. The van der Waals surface area contributed by atoms with Crippen LogP contribution in [0, 0.1) is 11.8 Å². The van der Waals surface area contributed by atoms with Crippen LogP contribution in [0.2, 0.25) is 0 Å². The summed E-state index contributed by atoms with van der Waals surface area (Å²) in [5.41, 5.74) is 0.200. The van der Waals surface area contributed by atoms with E-state index in [1.54, 1.807) is 0 Å². The smallest absolute Gasteiger partial charge is 0.0497 e. The second kappa shape index (κ2) is 3.74. The highest BCUT2D eigenvalue weighted by Crippen LogP contribution is 2.41. The second-order valence-corrected chi connectivity index (χ2v) is 5.68. The zero-order valence-corrected chi connectivity index (χ0v) is 10.0. The molecule has 0 amide bonds. The van der Waals surface area contributed by atoms with Crippen LogP contribution in [0.5, 0.6) is 0 Å². The molecule has 3 unspecified atom stereocenters. The Labute approximate surface area is 91.0 Å². The van der Waals surface area contributed by atoms with Gasteiger partial charge in [0.15, 0.2) is 0 Å². The van der Waals surface area contributed by atoms with Gasteiger partial charge in [0, 0.05) is 22.7 Å². The predicted octanol–water partition coefficient (Wildman–Crippen LogP) is 2.81. The third-order valence-corrected chi connectivity index (χ3v) is 5.00. The molecule has 1 aliphatic heterocycles. The van der Waals surface area contributed by atoms with Crippen LogP contribution in [-0.2, 0) is 0 Å². The molecule has 0 aromatic heterocycles. The van der Waals surface area contributed by atoms with Gasteiger partial charge < -0.3 is 5.32 Å². The molecule has 1 aliphatic carbocycles. The largest absolute Gasteiger partial charge is 0.306 e. The van der Waals surface area contributed by atoms with Gasteiger partial charge in [-0.05, 0) is 18.8 Å². The Morgan fingerprint density at radius 3 is 3.07 bits per heavy atom. The number of hydrogen-bond donors (Lipinski definition) is 1. The molecule has 2 heteroatoms. The molecule has 78 valence electrons. The minimum absolute atomic E-state index is 0.200. The standard InChI is InChI=1S/C12H19NS/c1-9-5-4-6-11-12(3,10(9)2)13-7-8-14-11/h4-6,9-10,13H,7-8H2,1-3H3. The van der Waals surface area contributed by atoms with E-state index in [1.807, 2.05) is 11.8 Å². The lowest BCUT2D eigenvalue weighted by molar-refractivity contribution is 0.260. The summed E-state index contributed by atoms with van der Waals surface area (Å²) in [6.45, 7) is 8.14. The molecule has 0 saturated carbocycles. The molecule has 2 rings (SSSR count). The van der Waals surface area contributed by atoms with Gasteiger partial charge in [0.25, 0.3) is 0 Å². The Bertz CT molecular complexity index is 282. The fourth-order valence-electron chi connectivity index (χ4n) is 2.33. The Balaban J connectivity index is 2.34. The van der Waals surface area contributed by atoms with Gasteiger partial charge in [-0.1, -0.05) is 32.1 Å². The molecule has 1 nitrogen and oxygen atoms in total. The van der Waals surface area contributed by atoms with Gasteiger partial charge in [-0.25, -0.2) is 0 Å². The van der Waals surface area contributed by atoms with E-state index in [2.05, 4.69) is 44.3 Å². The van der Waals surface area contributed by atoms with Crippen LogP contribution < -0.4 is 5.32 Å². The molecule has 0 spiro atoms. The van der Waals surface area contributed by atoms with Crippen LogP contribution in [0.3, 0.4) is 0 Å². The van der Waals surface area contributed by atoms with Gasteiger partial charge in [0.1, 0.15) is 0 Å². The van der Waals surface area contributed by atoms with E-state index in [1.165, 1.54) is 10.7 Å². The average molecular weight is 209 g/mol. The van der Waals surface area contributed by atoms with Gasteiger partial charge in [-0.15, -0.1) is 11.8 Å². The van der Waals surface area contributed by atoms with Crippen LogP contribution in [-0.4, -0.2) is 17.8 Å². The van der Waals surface area contributed by atoms with Crippen molar-refractivity contribution in [3.8, 4) is 0 Å². The molecule has 3 atom stereocenters. The summed E-state index contributed by atoms with van der Waals surface area (Å²) in [5, 5.41) is 3.69. The highest BCUT2D eigenvalue weighted by atomic mass is 32.2. The van der Waals surface area contributed by atoms with Gasteiger partial charge in [0.2, 0.25) is 0 Å². The zero-order chi connectivity index (χ0) is 10.2. The number of rotatable bonds is 0. The van der Waals surface area contributed by atoms with Crippen molar-refractivity contribution < 1.29 is 0 Å². The lowest BCUT2D eigenvalue weighted by Crippen LogP contribution is -2.53. The fourth-order valence-corrected chi connectivity index (χ4v) is 3.48. The molecular formula is C12H19NS. The molecule has 1 N–H and O–H groups in total. The van der Waals surface area contributed by atoms with Crippen LogP contribution in [0.15, 0.2) is 23.1 Å². The maximum Gasteiger partial charge on any atom is 0.0497 e. The van der Waals surface area contributed by atoms with Crippen LogP contribution in [0.4, 0.5) is 0 Å². The first kappa shape index (κ1) is 10.3. The Morgan fingerprint density at radius 2 is 2.29 bits per heavy atom. The molecule has 14 heavy (non-hydrogen) atoms. The number of fused-ring (bicyclic) bond motifs is 1. The summed E-state index contributed by atoms with van der Waals surface area (Å²) in [6, 6.07) is 0. The highest BCUT2D eigenvalue weighted by Gasteiger charge is 2.39. The van der Waals surface area contributed by atoms with E-state index in [0.717, 1.165) is 6.54 Å². The van der Waals surface area contributed by atoms with Crippen LogP contribution in [0.1, 0.15) is 20.8 Å². The fraction of sp³-hybridized carbons (Fsp3) is 0.667. The first-order valence-corrected chi connectivity index (χ1v) is 6.40. The molecule has 1 heterocycles. The van der Waals surface area contributed by atoms with Crippen LogP contribution >= 0.6 is 11.8 Å². The van der Waals surface area contributed by atoms with E-state index >= 15 is 0 Å². The summed E-state index contributed by atoms with van der Waals surface area (Å²) < 4.78 is 0. The van der Waals surface area contributed by atoms with Gasteiger partial charge >= 0.3 is 0 Å². The van der Waals surface area contributed by atoms with Crippen molar-refractivity contribution in [2.75, 3.05) is 12.3 Å². The Kier molecular flexibility index (Phi) is 2.76. The van der Waals surface area contributed by atoms with E-state index in [4.69, 9.17) is 0 Å². The molecule has 2 aliphatic rings. The summed E-state index contributed by atoms with van der Waals surface area (Å²) in [5.74, 6) is 2.52.